The minimum Gasteiger partial charge on any atom is -1.00 e. The number of quaternary nitrogens is 2. The first-order valence-corrected chi connectivity index (χ1v) is 32.6. The molecule has 1 fully saturated rings. The van der Waals surface area contributed by atoms with E-state index in [0.717, 1.165) is 55.9 Å². The lowest BCUT2D eigenvalue weighted by atomic mass is 9.88. The molecule has 0 aromatic rings. The van der Waals surface area contributed by atoms with Crippen LogP contribution in [0.25, 0.3) is 0 Å². The molecule has 0 saturated carbocycles. The number of ether oxygens (including phenoxy) is 1. The highest BCUT2D eigenvalue weighted by molar-refractivity contribution is 8.70. The Labute approximate surface area is 443 Å². The minimum atomic E-state index is -0.450. The molecule has 20 heteroatoms. The fraction of sp³-hybridized carbons (Fsp3) is 0.870. The smallest absolute Gasteiger partial charge is 0.223 e. The molecule has 1 aliphatic rings. The number of epoxide rings is 1. The van der Waals surface area contributed by atoms with Crippen LogP contribution in [0.15, 0.2) is 12.2 Å². The van der Waals surface area contributed by atoms with Gasteiger partial charge in [0.1, 0.15) is 36.9 Å². The van der Waals surface area contributed by atoms with Crippen LogP contribution >= 0.6 is 0 Å². The molecule has 0 aromatic carbocycles. The first-order valence-electron chi connectivity index (χ1n) is 23.2. The van der Waals surface area contributed by atoms with E-state index >= 15 is 0 Å². The van der Waals surface area contributed by atoms with Crippen molar-refractivity contribution in [3.05, 3.63) is 12.2 Å². The lowest BCUT2D eigenvalue weighted by molar-refractivity contribution is -0.873. The largest absolute Gasteiger partial charge is 1.00 e. The molecule has 0 aliphatic carbocycles. The zero-order chi connectivity index (χ0) is 49.6. The number of aliphatic hydroxyl groups excluding tert-OH is 1. The summed E-state index contributed by atoms with van der Waals surface area (Å²) in [6.45, 7) is 20.8. The van der Waals surface area contributed by atoms with Gasteiger partial charge in [-0.3, -0.25) is 19.2 Å². The minimum absolute atomic E-state index is 0. The Hall–Kier alpha value is 0.200. The highest BCUT2D eigenvalue weighted by Gasteiger charge is 2.29. The van der Waals surface area contributed by atoms with Gasteiger partial charge in [-0.15, -0.1) is 0 Å². The van der Waals surface area contributed by atoms with E-state index in [4.69, 9.17) is 4.74 Å². The summed E-state index contributed by atoms with van der Waals surface area (Å²) < 4.78 is 6.77. The van der Waals surface area contributed by atoms with Gasteiger partial charge in [-0.05, 0) is 49.9 Å². The molecule has 0 spiro atoms. The fourth-order valence-corrected chi connectivity index (χ4v) is 17.0. The number of nitrogens with one attached hydrogen (secondary N) is 2. The monoisotopic (exact) mass is 1120 g/mol. The summed E-state index contributed by atoms with van der Waals surface area (Å²) in [6.07, 6.45) is 16.2. The normalized spacial score (nSPS) is 13.8. The van der Waals surface area contributed by atoms with Crippen molar-refractivity contribution in [1.82, 2.24) is 10.6 Å². The lowest BCUT2D eigenvalue weighted by Crippen LogP contribution is -3.00. The second-order valence-corrected chi connectivity index (χ2v) is 30.7. The highest BCUT2D eigenvalue weighted by Crippen LogP contribution is 2.21. The van der Waals surface area contributed by atoms with Gasteiger partial charge in [0.15, 0.2) is 0 Å². The second-order valence-electron chi connectivity index (χ2n) is 20.1. The summed E-state index contributed by atoms with van der Waals surface area (Å²) in [4.78, 5) is 47.2. The number of nitrogens with zero attached hydrogens (tertiary/aromatic N) is 2. The molecule has 1 heterocycles. The number of likely N-dealkylation sites (N-methyl/N-ethyl adjacent to an activating group) is 2. The van der Waals surface area contributed by atoms with Crippen molar-refractivity contribution < 1.29 is 62.8 Å². The maximum Gasteiger partial charge on any atom is 0.223 e. The molecular formula is C46H92Cl2N4O6S8. The van der Waals surface area contributed by atoms with E-state index in [1.165, 1.54) is 49.9 Å². The third kappa shape index (κ3) is 62.2. The number of Topliss-reactive ketones (excluding diaryl/α,β-unsaturated/α-hetero) is 2. The molecule has 0 bridgehead atoms. The van der Waals surface area contributed by atoms with Crippen molar-refractivity contribution in [3.63, 3.8) is 0 Å². The van der Waals surface area contributed by atoms with Crippen LogP contribution in [0.1, 0.15) is 145 Å². The number of ketones is 2. The van der Waals surface area contributed by atoms with E-state index in [9.17, 15) is 24.3 Å². The molecular weight excluding hydrogens is 1030 g/mol. The van der Waals surface area contributed by atoms with E-state index in [0.29, 0.717) is 61.6 Å². The van der Waals surface area contributed by atoms with Gasteiger partial charge in [0.2, 0.25) is 11.8 Å². The molecule has 3 atom stereocenters. The van der Waals surface area contributed by atoms with Gasteiger partial charge >= 0.3 is 0 Å². The average Bonchev–Trinajstić information content (AvgIpc) is 3.99. The van der Waals surface area contributed by atoms with Gasteiger partial charge in [-0.2, -0.15) is 0 Å². The maximum absolute atomic E-state index is 12.2. The molecule has 2 amide bonds. The SMILES string of the molecule is CC(C)CCCCCCCNC(=O)C/C=C/CC(=O)C(C)C.CC(C)CCCNC(=O)CCC(CC(=O)C(C)C)CC(O)C[N+](C)(C)C.C[N+](C)(C)CC1CO1.S=S=S=S=S=S=S=S.[Cl-].[Cl-]. The van der Waals surface area contributed by atoms with Crippen LogP contribution in [-0.4, -0.2) is 125 Å². The number of unbranched alkanes of at least 4 members (excludes halogenated alkanes) is 4. The number of allylic oxidation sites excluding steroid dienone is 1. The van der Waals surface area contributed by atoms with Crippen molar-refractivity contribution in [2.75, 3.05) is 75.1 Å². The van der Waals surface area contributed by atoms with E-state index < -0.39 is 6.10 Å². The van der Waals surface area contributed by atoms with E-state index in [1.807, 2.05) is 48.8 Å². The van der Waals surface area contributed by atoms with Crippen LogP contribution in [0.4, 0.5) is 0 Å². The Morgan fingerprint density at radius 3 is 1.58 bits per heavy atom. The second kappa shape index (κ2) is 47.5. The molecule has 3 unspecified atom stereocenters. The Morgan fingerprint density at radius 1 is 0.652 bits per heavy atom. The number of halogens is 2. The molecule has 1 saturated heterocycles. The zero-order valence-corrected chi connectivity index (χ0v) is 51.1. The Bertz CT molecular complexity index is 1540. The van der Waals surface area contributed by atoms with Gasteiger partial charge in [0.25, 0.3) is 0 Å². The summed E-state index contributed by atoms with van der Waals surface area (Å²) in [6, 6.07) is 0. The third-order valence-electron chi connectivity index (χ3n) is 9.56. The van der Waals surface area contributed by atoms with E-state index in [1.54, 1.807) is 47.7 Å². The number of hydrogen-bond acceptors (Lipinski definition) is 8. The molecule has 1 rings (SSSR count). The predicted octanol–water partition coefficient (Wildman–Crippen LogP) is 1.75. The molecule has 1 aliphatic heterocycles. The molecule has 0 radical (unpaired) electrons. The standard InChI is InChI=1S/C21H42N2O3.C19H35NO2.C6H14NO.2ClH.S8/c1-16(2)9-8-12-22-21(26)11-10-18(14-20(25)17(3)4)13-19(24)15-23(5,6)7;1-16(2)12-8-6-5-7-11-15-20-19(22)14-10-9-13-18(21)17(3)4;1-7(2,3)4-6-5-8-6;;;1-3-5-7-8-6-4-2/h16-19,24H,8-15H2,1-7H3;9-10,16-17H,5-8,11-15H2,1-4H3,(H,20,22);6H,4-5H2,1-3H3;2*1H;/q;;+1;;;/p-1/b;10-9+;;;;. The molecule has 3 N–H and O–H groups in total. The molecule has 10 nitrogen and oxygen atoms in total. The lowest BCUT2D eigenvalue weighted by Gasteiger charge is -2.28. The zero-order valence-electron chi connectivity index (χ0n) is 43.0. The number of rotatable bonds is 29. The van der Waals surface area contributed by atoms with Gasteiger partial charge in [0, 0.05) is 126 Å². The summed E-state index contributed by atoms with van der Waals surface area (Å²) in [5, 5.41) is 16.3. The van der Waals surface area contributed by atoms with Crippen LogP contribution in [0.2, 0.25) is 0 Å². The van der Waals surface area contributed by atoms with E-state index in [2.05, 4.69) is 81.8 Å². The van der Waals surface area contributed by atoms with Gasteiger partial charge in [0.05, 0.1) is 48.9 Å². The fourth-order valence-electron chi connectivity index (χ4n) is 6.04. The Kier molecular flexibility index (Phi) is 54.1. The Morgan fingerprint density at radius 2 is 1.12 bits per heavy atom. The first kappa shape index (κ1) is 75.1. The molecule has 0 aromatic heterocycles. The summed E-state index contributed by atoms with van der Waals surface area (Å²) in [7, 11) is 21.8. The van der Waals surface area contributed by atoms with Gasteiger partial charge < -0.3 is 54.3 Å². The number of carbonyl (C=O) groups is 4. The predicted molar refractivity (Wildman–Crippen MR) is 293 cm³/mol. The van der Waals surface area contributed by atoms with Crippen molar-refractivity contribution in [2.24, 2.45) is 29.6 Å². The van der Waals surface area contributed by atoms with Crippen LogP contribution < -0.4 is 35.4 Å². The van der Waals surface area contributed by atoms with Crippen LogP contribution in [0, 0.1) is 29.6 Å². The third-order valence-corrected chi connectivity index (χ3v) is 20.7. The van der Waals surface area contributed by atoms with Gasteiger partial charge in [-0.1, -0.05) is 99.6 Å². The topological polar surface area (TPSA) is 125 Å². The molecule has 66 heavy (non-hydrogen) atoms. The van der Waals surface area contributed by atoms with E-state index in [-0.39, 0.29) is 65.9 Å². The van der Waals surface area contributed by atoms with Crippen LogP contribution in [0.5, 0.6) is 0 Å². The molecule has 394 valence electrons. The van der Waals surface area contributed by atoms with Gasteiger partial charge in [-0.25, -0.2) is 0 Å². The van der Waals surface area contributed by atoms with Crippen molar-refractivity contribution in [3.8, 4) is 0 Å². The summed E-state index contributed by atoms with van der Waals surface area (Å²) in [5.41, 5.74) is 0. The Balaban J connectivity index is -0.000000277. The number of carbonyl (C=O) groups excluding carboxylic acids is 4. The summed E-state index contributed by atoms with van der Waals surface area (Å²) >= 11 is 9.21. The highest BCUT2D eigenvalue weighted by atomic mass is 35.5. The number of amides is 2. The average molecular weight is 1120 g/mol. The first-order chi connectivity index (χ1) is 29.8. The summed E-state index contributed by atoms with van der Waals surface area (Å²) in [5.74, 6) is 2.12. The number of hydrogen-bond donors (Lipinski definition) is 3. The number of aliphatic hydroxyl groups is 1. The van der Waals surface area contributed by atoms with Crippen molar-refractivity contribution in [2.45, 2.75) is 157 Å². The van der Waals surface area contributed by atoms with Crippen molar-refractivity contribution in [1.29, 1.82) is 0 Å². The maximum atomic E-state index is 12.2. The quantitative estimate of drug-likeness (QED) is 0.0449. The van der Waals surface area contributed by atoms with Crippen molar-refractivity contribution >= 4 is 99.0 Å². The van der Waals surface area contributed by atoms with Crippen LogP contribution in [-0.2, 0) is 99.6 Å². The van der Waals surface area contributed by atoms with Crippen LogP contribution in [0.3, 0.4) is 0 Å².